The van der Waals surface area contributed by atoms with Crippen LogP contribution in [0, 0.1) is 0 Å². The van der Waals surface area contributed by atoms with Crippen LogP contribution in [0.4, 0.5) is 0 Å². The van der Waals surface area contributed by atoms with Gasteiger partial charge in [0.2, 0.25) is 0 Å². The molecule has 7 nitrogen and oxygen atoms in total. The Bertz CT molecular complexity index is 1160. The van der Waals surface area contributed by atoms with Crippen LogP contribution in [0.15, 0.2) is 46.0 Å². The van der Waals surface area contributed by atoms with Gasteiger partial charge in [-0.1, -0.05) is 30.3 Å². The Morgan fingerprint density at radius 2 is 2.00 bits per heavy atom. The van der Waals surface area contributed by atoms with Crippen molar-refractivity contribution in [2.24, 2.45) is 0 Å². The summed E-state index contributed by atoms with van der Waals surface area (Å²) >= 11 is 0. The Hall–Kier alpha value is -3.22. The maximum absolute atomic E-state index is 12.9. The molecule has 2 aromatic heterocycles. The summed E-state index contributed by atoms with van der Waals surface area (Å²) in [6.45, 7) is 2.68. The molecule has 7 heteroatoms. The summed E-state index contributed by atoms with van der Waals surface area (Å²) < 4.78 is 1.41. The molecule has 1 aromatic carbocycles. The number of hydrogen-bond acceptors (Lipinski definition) is 4. The van der Waals surface area contributed by atoms with Crippen molar-refractivity contribution >= 4 is 16.9 Å². The first-order chi connectivity index (χ1) is 14.1. The Morgan fingerprint density at radius 3 is 2.69 bits per heavy atom. The Kier molecular flexibility index (Phi) is 5.29. The van der Waals surface area contributed by atoms with E-state index in [0.29, 0.717) is 30.2 Å². The molecule has 1 aliphatic carbocycles. The summed E-state index contributed by atoms with van der Waals surface area (Å²) in [7, 11) is 0. The molecule has 1 aliphatic rings. The highest BCUT2D eigenvalue weighted by atomic mass is 16.2. The number of amides is 1. The van der Waals surface area contributed by atoms with Gasteiger partial charge in [0.1, 0.15) is 0 Å². The number of nitrogens with one attached hydrogen (secondary N) is 2. The molecule has 150 valence electrons. The van der Waals surface area contributed by atoms with Crippen LogP contribution < -0.4 is 16.6 Å². The molecular formula is C22H24N4O3. The summed E-state index contributed by atoms with van der Waals surface area (Å²) in [6.07, 6.45) is 3.68. The van der Waals surface area contributed by atoms with E-state index < -0.39 is 11.2 Å². The fraction of sp³-hybridized carbons (Fsp3) is 0.364. The molecule has 1 amide bonds. The highest BCUT2D eigenvalue weighted by Crippen LogP contribution is 2.39. The van der Waals surface area contributed by atoms with Gasteiger partial charge in [-0.15, -0.1) is 0 Å². The van der Waals surface area contributed by atoms with Crippen LogP contribution in [0.2, 0.25) is 0 Å². The molecule has 2 N–H and O–H groups in total. The van der Waals surface area contributed by atoms with E-state index in [2.05, 4.69) is 27.4 Å². The predicted molar refractivity (Wildman–Crippen MR) is 111 cm³/mol. The van der Waals surface area contributed by atoms with E-state index in [4.69, 9.17) is 0 Å². The molecule has 0 bridgehead atoms. The lowest BCUT2D eigenvalue weighted by atomic mass is 10.1. The minimum atomic E-state index is -0.570. The van der Waals surface area contributed by atoms with Gasteiger partial charge >= 0.3 is 5.69 Å². The first-order valence-corrected chi connectivity index (χ1v) is 10.1. The molecule has 0 radical (unpaired) electrons. The summed E-state index contributed by atoms with van der Waals surface area (Å²) in [5.41, 5.74) is 1.51. The van der Waals surface area contributed by atoms with E-state index in [1.54, 1.807) is 6.07 Å². The van der Waals surface area contributed by atoms with Crippen molar-refractivity contribution in [1.82, 2.24) is 19.9 Å². The number of rotatable bonds is 7. The summed E-state index contributed by atoms with van der Waals surface area (Å²) in [5.74, 6) is -0.0112. The minimum absolute atomic E-state index is 0.177. The molecule has 3 aromatic rings. The zero-order valence-corrected chi connectivity index (χ0v) is 16.4. The number of aromatic nitrogens is 3. The lowest BCUT2D eigenvalue weighted by Gasteiger charge is -2.12. The minimum Gasteiger partial charge on any atom is -0.352 e. The van der Waals surface area contributed by atoms with Crippen molar-refractivity contribution in [3.63, 3.8) is 0 Å². The van der Waals surface area contributed by atoms with Crippen LogP contribution in [-0.2, 0) is 13.0 Å². The summed E-state index contributed by atoms with van der Waals surface area (Å²) in [6, 6.07) is 11.8. The maximum atomic E-state index is 12.9. The van der Waals surface area contributed by atoms with Gasteiger partial charge in [0, 0.05) is 24.7 Å². The highest BCUT2D eigenvalue weighted by molar-refractivity contribution is 6.05. The van der Waals surface area contributed by atoms with E-state index in [9.17, 15) is 14.4 Å². The van der Waals surface area contributed by atoms with Crippen molar-refractivity contribution < 1.29 is 4.79 Å². The maximum Gasteiger partial charge on any atom is 0.329 e. The van der Waals surface area contributed by atoms with Crippen LogP contribution >= 0.6 is 0 Å². The number of carbonyl (C=O) groups excluding carboxylic acids is 1. The SMILES string of the molecule is CCn1c(=O)[nH]c(=O)c2c(C(=O)NCCCc3ccccc3)cc(C3CC3)nc21. The molecular weight excluding hydrogens is 368 g/mol. The fourth-order valence-electron chi connectivity index (χ4n) is 3.59. The number of benzene rings is 1. The van der Waals surface area contributed by atoms with Crippen LogP contribution in [-0.4, -0.2) is 27.0 Å². The van der Waals surface area contributed by atoms with E-state index >= 15 is 0 Å². The zero-order chi connectivity index (χ0) is 20.4. The molecule has 4 rings (SSSR count). The first-order valence-electron chi connectivity index (χ1n) is 10.1. The quantitative estimate of drug-likeness (QED) is 0.603. The Labute approximate surface area is 167 Å². The molecule has 1 saturated carbocycles. The average Bonchev–Trinajstić information content (AvgIpc) is 3.56. The number of aryl methyl sites for hydroxylation is 2. The fourth-order valence-corrected chi connectivity index (χ4v) is 3.59. The highest BCUT2D eigenvalue weighted by Gasteiger charge is 2.28. The lowest BCUT2D eigenvalue weighted by Crippen LogP contribution is -2.33. The smallest absolute Gasteiger partial charge is 0.329 e. The summed E-state index contributed by atoms with van der Waals surface area (Å²) in [5, 5.41) is 3.10. The number of H-pyrrole nitrogens is 1. The Balaban J connectivity index is 1.62. The zero-order valence-electron chi connectivity index (χ0n) is 16.4. The van der Waals surface area contributed by atoms with Gasteiger partial charge in [-0.05, 0) is 44.2 Å². The third kappa shape index (κ3) is 3.99. The molecule has 0 saturated heterocycles. The molecule has 0 unspecified atom stereocenters. The lowest BCUT2D eigenvalue weighted by molar-refractivity contribution is 0.0954. The largest absolute Gasteiger partial charge is 0.352 e. The number of nitrogens with zero attached hydrogens (tertiary/aromatic N) is 2. The number of hydrogen-bond donors (Lipinski definition) is 2. The van der Waals surface area contributed by atoms with Crippen LogP contribution in [0.5, 0.6) is 0 Å². The monoisotopic (exact) mass is 392 g/mol. The first kappa shape index (κ1) is 19.1. The van der Waals surface area contributed by atoms with Gasteiger partial charge in [0.15, 0.2) is 5.65 Å². The topological polar surface area (TPSA) is 96.9 Å². The van der Waals surface area contributed by atoms with E-state index in [1.165, 1.54) is 10.1 Å². The van der Waals surface area contributed by atoms with Gasteiger partial charge < -0.3 is 5.32 Å². The van der Waals surface area contributed by atoms with Crippen molar-refractivity contribution in [2.45, 2.75) is 45.1 Å². The molecule has 0 aliphatic heterocycles. The van der Waals surface area contributed by atoms with Gasteiger partial charge in [0.25, 0.3) is 11.5 Å². The molecule has 1 fully saturated rings. The molecule has 29 heavy (non-hydrogen) atoms. The van der Waals surface area contributed by atoms with Crippen LogP contribution in [0.3, 0.4) is 0 Å². The predicted octanol–water partition coefficient (Wildman–Crippen LogP) is 2.34. The molecule has 0 spiro atoms. The normalized spacial score (nSPS) is 13.6. The van der Waals surface area contributed by atoms with Crippen molar-refractivity contribution in [3.8, 4) is 0 Å². The second kappa shape index (κ2) is 8.03. The van der Waals surface area contributed by atoms with Crippen LogP contribution in [0.1, 0.15) is 53.7 Å². The van der Waals surface area contributed by atoms with Crippen molar-refractivity contribution in [2.75, 3.05) is 6.54 Å². The Morgan fingerprint density at radius 1 is 1.24 bits per heavy atom. The molecule has 2 heterocycles. The van der Waals surface area contributed by atoms with Crippen molar-refractivity contribution in [3.05, 3.63) is 74.1 Å². The second-order valence-corrected chi connectivity index (χ2v) is 7.42. The van der Waals surface area contributed by atoms with Crippen molar-refractivity contribution in [1.29, 1.82) is 0 Å². The van der Waals surface area contributed by atoms with Gasteiger partial charge in [0.05, 0.1) is 10.9 Å². The van der Waals surface area contributed by atoms with Gasteiger partial charge in [-0.3, -0.25) is 19.1 Å². The van der Waals surface area contributed by atoms with Crippen LogP contribution in [0.25, 0.3) is 11.0 Å². The average molecular weight is 392 g/mol. The van der Waals surface area contributed by atoms with Gasteiger partial charge in [-0.25, -0.2) is 9.78 Å². The number of pyridine rings is 1. The number of aromatic amines is 1. The molecule has 0 atom stereocenters. The third-order valence-electron chi connectivity index (χ3n) is 5.30. The number of fused-ring (bicyclic) bond motifs is 1. The second-order valence-electron chi connectivity index (χ2n) is 7.42. The summed E-state index contributed by atoms with van der Waals surface area (Å²) in [4.78, 5) is 44.5. The van der Waals surface area contributed by atoms with E-state index in [-0.39, 0.29) is 11.3 Å². The van der Waals surface area contributed by atoms with E-state index in [1.807, 2.05) is 25.1 Å². The van der Waals surface area contributed by atoms with Gasteiger partial charge in [-0.2, -0.15) is 0 Å². The standard InChI is InChI=1S/C22H24N4O3/c1-2-26-19-18(21(28)25-22(26)29)16(13-17(24-19)15-10-11-15)20(27)23-12-6-9-14-7-4-3-5-8-14/h3-5,7-8,13,15H,2,6,9-12H2,1H3,(H,23,27)(H,25,28,29). The number of carbonyl (C=O) groups is 1. The van der Waals surface area contributed by atoms with E-state index in [0.717, 1.165) is 31.4 Å². The third-order valence-corrected chi connectivity index (χ3v) is 5.30.